The molecule has 2 amide bonds. The number of aromatic nitrogens is 2. The molecule has 0 bridgehead atoms. The summed E-state index contributed by atoms with van der Waals surface area (Å²) >= 11 is 5.75. The van der Waals surface area contributed by atoms with E-state index in [2.05, 4.69) is 15.7 Å². The number of carbonyl (C=O) groups excluding carboxylic acids is 2. The van der Waals surface area contributed by atoms with Gasteiger partial charge in [0.25, 0.3) is 5.91 Å². The third-order valence-corrected chi connectivity index (χ3v) is 5.40. The van der Waals surface area contributed by atoms with Crippen LogP contribution in [0.2, 0.25) is 5.02 Å². The molecule has 7 nitrogen and oxygen atoms in total. The van der Waals surface area contributed by atoms with Crippen molar-refractivity contribution in [3.05, 3.63) is 69.8 Å². The van der Waals surface area contributed by atoms with Crippen molar-refractivity contribution in [1.29, 1.82) is 0 Å². The summed E-state index contributed by atoms with van der Waals surface area (Å²) in [6.45, 7) is 3.89. The van der Waals surface area contributed by atoms with Crippen LogP contribution in [0.1, 0.15) is 33.7 Å². The van der Waals surface area contributed by atoms with Crippen LogP contribution in [0.5, 0.6) is 5.75 Å². The van der Waals surface area contributed by atoms with Crippen molar-refractivity contribution in [2.45, 2.75) is 26.7 Å². The largest absolute Gasteiger partial charge is 0.495 e. The van der Waals surface area contributed by atoms with Gasteiger partial charge >= 0.3 is 0 Å². The second kappa shape index (κ2) is 9.82. The molecule has 0 saturated heterocycles. The summed E-state index contributed by atoms with van der Waals surface area (Å²) in [5.41, 5.74) is 3.59. The zero-order chi connectivity index (χ0) is 23.4. The van der Waals surface area contributed by atoms with Crippen molar-refractivity contribution >= 4 is 34.8 Å². The highest BCUT2D eigenvalue weighted by atomic mass is 35.5. The van der Waals surface area contributed by atoms with Crippen LogP contribution in [-0.4, -0.2) is 28.7 Å². The van der Waals surface area contributed by atoms with Crippen molar-refractivity contribution in [3.63, 3.8) is 0 Å². The lowest BCUT2D eigenvalue weighted by Gasteiger charge is -2.13. The molecule has 0 saturated carbocycles. The summed E-state index contributed by atoms with van der Waals surface area (Å²) < 4.78 is 21.2. The Bertz CT molecular complexity index is 1180. The number of nitrogens with zero attached hydrogens (tertiary/aromatic N) is 2. The Morgan fingerprint density at radius 1 is 1.16 bits per heavy atom. The SMILES string of the molecule is COc1ccc(NC(=O)CCc2c(C)nn(C)c2C)cc1NC(=O)c1ccc(Cl)cc1F. The summed E-state index contributed by atoms with van der Waals surface area (Å²) in [6.07, 6.45) is 0.837. The van der Waals surface area contributed by atoms with E-state index < -0.39 is 11.7 Å². The first-order chi connectivity index (χ1) is 15.2. The topological polar surface area (TPSA) is 85.2 Å². The molecule has 0 atom stereocenters. The fraction of sp³-hybridized carbons (Fsp3) is 0.261. The van der Waals surface area contributed by atoms with Crippen molar-refractivity contribution in [2.75, 3.05) is 17.7 Å². The molecule has 1 aromatic heterocycles. The van der Waals surface area contributed by atoms with Gasteiger partial charge in [-0.2, -0.15) is 5.10 Å². The Kier molecular flexibility index (Phi) is 7.15. The van der Waals surface area contributed by atoms with Crippen LogP contribution in [0, 0.1) is 19.7 Å². The molecule has 9 heteroatoms. The summed E-state index contributed by atoms with van der Waals surface area (Å²) in [4.78, 5) is 25.0. The van der Waals surface area contributed by atoms with E-state index in [0.29, 0.717) is 23.5 Å². The van der Waals surface area contributed by atoms with E-state index in [1.807, 2.05) is 20.9 Å². The van der Waals surface area contributed by atoms with Gasteiger partial charge in [0, 0.05) is 29.9 Å². The van der Waals surface area contributed by atoms with Crippen LogP contribution >= 0.6 is 11.6 Å². The van der Waals surface area contributed by atoms with Gasteiger partial charge < -0.3 is 15.4 Å². The minimum atomic E-state index is -0.737. The zero-order valence-electron chi connectivity index (χ0n) is 18.3. The Labute approximate surface area is 190 Å². The van der Waals surface area contributed by atoms with Crippen LogP contribution in [0.4, 0.5) is 15.8 Å². The van der Waals surface area contributed by atoms with Gasteiger partial charge in [0.15, 0.2) is 0 Å². The Hall–Kier alpha value is -3.39. The highest BCUT2D eigenvalue weighted by Crippen LogP contribution is 2.29. The highest BCUT2D eigenvalue weighted by Gasteiger charge is 2.16. The Morgan fingerprint density at radius 2 is 1.91 bits per heavy atom. The van der Waals surface area contributed by atoms with Crippen molar-refractivity contribution in [2.24, 2.45) is 7.05 Å². The highest BCUT2D eigenvalue weighted by molar-refractivity contribution is 6.30. The quantitative estimate of drug-likeness (QED) is 0.539. The lowest BCUT2D eigenvalue weighted by atomic mass is 10.1. The predicted octanol–water partition coefficient (Wildman–Crippen LogP) is 4.66. The smallest absolute Gasteiger partial charge is 0.258 e. The number of amides is 2. The molecule has 32 heavy (non-hydrogen) atoms. The van der Waals surface area contributed by atoms with E-state index in [-0.39, 0.29) is 22.9 Å². The molecule has 2 N–H and O–H groups in total. The number of methoxy groups -OCH3 is 1. The van der Waals surface area contributed by atoms with Gasteiger partial charge in [0.2, 0.25) is 5.91 Å². The van der Waals surface area contributed by atoms with E-state index in [0.717, 1.165) is 23.0 Å². The van der Waals surface area contributed by atoms with Crippen LogP contribution in [0.25, 0.3) is 0 Å². The van der Waals surface area contributed by atoms with Crippen molar-refractivity contribution in [1.82, 2.24) is 9.78 Å². The van der Waals surface area contributed by atoms with Gasteiger partial charge in [-0.25, -0.2) is 4.39 Å². The van der Waals surface area contributed by atoms with Gasteiger partial charge in [-0.05, 0) is 62.2 Å². The number of nitrogens with one attached hydrogen (secondary N) is 2. The van der Waals surface area contributed by atoms with Crippen LogP contribution in [-0.2, 0) is 18.3 Å². The maximum atomic E-state index is 14.1. The average Bonchev–Trinajstić information content (AvgIpc) is 2.97. The molecule has 0 radical (unpaired) electrons. The Morgan fingerprint density at radius 3 is 2.53 bits per heavy atom. The van der Waals surface area contributed by atoms with E-state index in [1.54, 1.807) is 22.9 Å². The molecule has 0 aliphatic heterocycles. The van der Waals surface area contributed by atoms with Gasteiger partial charge in [-0.15, -0.1) is 0 Å². The number of rotatable bonds is 7. The van der Waals surface area contributed by atoms with Gasteiger partial charge in [0.05, 0.1) is 24.1 Å². The minimum absolute atomic E-state index is 0.159. The molecular formula is C23H24ClFN4O3. The summed E-state index contributed by atoms with van der Waals surface area (Å²) in [7, 11) is 3.32. The second-order valence-electron chi connectivity index (χ2n) is 7.31. The fourth-order valence-electron chi connectivity index (χ4n) is 3.39. The molecule has 2 aromatic carbocycles. The maximum absolute atomic E-state index is 14.1. The normalized spacial score (nSPS) is 10.7. The molecule has 0 fully saturated rings. The van der Waals surface area contributed by atoms with E-state index in [4.69, 9.17) is 16.3 Å². The number of halogens is 2. The monoisotopic (exact) mass is 458 g/mol. The van der Waals surface area contributed by atoms with E-state index in [9.17, 15) is 14.0 Å². The molecule has 3 rings (SSSR count). The number of hydrogen-bond donors (Lipinski definition) is 2. The van der Waals surface area contributed by atoms with Crippen LogP contribution in [0.15, 0.2) is 36.4 Å². The molecule has 1 heterocycles. The van der Waals surface area contributed by atoms with Crippen molar-refractivity contribution < 1.29 is 18.7 Å². The fourth-order valence-corrected chi connectivity index (χ4v) is 3.55. The zero-order valence-corrected chi connectivity index (χ0v) is 19.0. The van der Waals surface area contributed by atoms with Crippen LogP contribution < -0.4 is 15.4 Å². The number of benzene rings is 2. The molecule has 0 aliphatic carbocycles. The second-order valence-corrected chi connectivity index (χ2v) is 7.75. The van der Waals surface area contributed by atoms with Gasteiger partial charge in [-0.1, -0.05) is 11.6 Å². The Balaban J connectivity index is 1.71. The minimum Gasteiger partial charge on any atom is -0.495 e. The average molecular weight is 459 g/mol. The number of aryl methyl sites for hydroxylation is 2. The molecule has 3 aromatic rings. The van der Waals surface area contributed by atoms with E-state index >= 15 is 0 Å². The number of carbonyl (C=O) groups is 2. The third kappa shape index (κ3) is 5.26. The number of ether oxygens (including phenoxy) is 1. The molecular weight excluding hydrogens is 435 g/mol. The summed E-state index contributed by atoms with van der Waals surface area (Å²) in [5.74, 6) is -1.21. The molecule has 0 unspecified atom stereocenters. The van der Waals surface area contributed by atoms with Crippen molar-refractivity contribution in [3.8, 4) is 5.75 Å². The molecule has 168 valence electrons. The first-order valence-corrected chi connectivity index (χ1v) is 10.3. The number of anilines is 2. The third-order valence-electron chi connectivity index (χ3n) is 5.17. The molecule has 0 aliphatic rings. The summed E-state index contributed by atoms with van der Waals surface area (Å²) in [5, 5.41) is 9.99. The first kappa shape index (κ1) is 23.3. The summed E-state index contributed by atoms with van der Waals surface area (Å²) in [6, 6.07) is 8.63. The number of hydrogen-bond acceptors (Lipinski definition) is 4. The van der Waals surface area contributed by atoms with Crippen LogP contribution in [0.3, 0.4) is 0 Å². The lowest BCUT2D eigenvalue weighted by Crippen LogP contribution is -2.16. The first-order valence-electron chi connectivity index (χ1n) is 9.93. The van der Waals surface area contributed by atoms with Gasteiger partial charge in [-0.3, -0.25) is 14.3 Å². The predicted molar refractivity (Wildman–Crippen MR) is 122 cm³/mol. The lowest BCUT2D eigenvalue weighted by molar-refractivity contribution is -0.116. The maximum Gasteiger partial charge on any atom is 0.258 e. The van der Waals surface area contributed by atoms with E-state index in [1.165, 1.54) is 19.2 Å². The standard InChI is InChI=1S/C23H24ClFN4O3/c1-13-17(14(2)29(3)28-13)8-10-22(30)26-16-6-9-21(32-4)20(12-16)27-23(31)18-7-5-15(24)11-19(18)25/h5-7,9,11-12H,8,10H2,1-4H3,(H,26,30)(H,27,31). The van der Waals surface area contributed by atoms with Gasteiger partial charge in [0.1, 0.15) is 11.6 Å². The molecule has 0 spiro atoms.